The van der Waals surface area contributed by atoms with Crippen LogP contribution in [0.5, 0.6) is 0 Å². The third-order valence-corrected chi connectivity index (χ3v) is 3.08. The molecule has 18 heavy (non-hydrogen) atoms. The van der Waals surface area contributed by atoms with Crippen LogP contribution < -0.4 is 5.73 Å². The van der Waals surface area contributed by atoms with E-state index < -0.39 is 0 Å². The van der Waals surface area contributed by atoms with Crippen LogP contribution in [0.4, 0.5) is 5.69 Å². The Morgan fingerprint density at radius 1 is 1.06 bits per heavy atom. The summed E-state index contributed by atoms with van der Waals surface area (Å²) >= 11 is 0. The van der Waals surface area contributed by atoms with Gasteiger partial charge in [-0.2, -0.15) is 0 Å². The van der Waals surface area contributed by atoms with E-state index in [9.17, 15) is 4.79 Å². The van der Waals surface area contributed by atoms with Crippen molar-refractivity contribution >= 4 is 22.9 Å². The molecule has 0 unspecified atom stereocenters. The summed E-state index contributed by atoms with van der Waals surface area (Å²) in [5.74, 6) is 0. The number of rotatable bonds is 2. The number of H-pyrrole nitrogens is 1. The second-order valence-electron chi connectivity index (χ2n) is 4.21. The molecule has 0 aliphatic carbocycles. The SMILES string of the molecule is Nc1ccc(-c2cccc3[nH]cc(C=O)c23)cc1. The molecule has 0 bridgehead atoms. The van der Waals surface area contributed by atoms with E-state index in [1.807, 2.05) is 42.5 Å². The van der Waals surface area contributed by atoms with Crippen molar-refractivity contribution in [3.63, 3.8) is 0 Å². The molecule has 0 saturated heterocycles. The molecule has 3 N–H and O–H groups in total. The number of hydrogen-bond donors (Lipinski definition) is 2. The van der Waals surface area contributed by atoms with Gasteiger partial charge in [-0.25, -0.2) is 0 Å². The highest BCUT2D eigenvalue weighted by Gasteiger charge is 2.09. The van der Waals surface area contributed by atoms with Gasteiger partial charge in [0.25, 0.3) is 0 Å². The minimum Gasteiger partial charge on any atom is -0.399 e. The van der Waals surface area contributed by atoms with E-state index >= 15 is 0 Å². The third-order valence-electron chi connectivity index (χ3n) is 3.08. The lowest BCUT2D eigenvalue weighted by Crippen LogP contribution is -1.85. The van der Waals surface area contributed by atoms with Gasteiger partial charge in [0.2, 0.25) is 0 Å². The van der Waals surface area contributed by atoms with Crippen molar-refractivity contribution < 1.29 is 4.79 Å². The van der Waals surface area contributed by atoms with Gasteiger partial charge in [0, 0.05) is 28.4 Å². The van der Waals surface area contributed by atoms with Crippen molar-refractivity contribution in [2.24, 2.45) is 0 Å². The summed E-state index contributed by atoms with van der Waals surface area (Å²) in [6, 6.07) is 13.6. The number of carbonyl (C=O) groups excluding carboxylic acids is 1. The molecule has 1 heterocycles. The Morgan fingerprint density at radius 2 is 1.83 bits per heavy atom. The van der Waals surface area contributed by atoms with Gasteiger partial charge in [0.15, 0.2) is 6.29 Å². The normalized spacial score (nSPS) is 10.7. The van der Waals surface area contributed by atoms with Crippen LogP contribution in [0.3, 0.4) is 0 Å². The highest BCUT2D eigenvalue weighted by atomic mass is 16.1. The zero-order chi connectivity index (χ0) is 12.5. The standard InChI is InChI=1S/C15H12N2O/c16-12-6-4-10(5-7-12)13-2-1-3-14-15(13)11(9-18)8-17-14/h1-9,17H,16H2. The van der Waals surface area contributed by atoms with Crippen molar-refractivity contribution in [3.8, 4) is 11.1 Å². The summed E-state index contributed by atoms with van der Waals surface area (Å²) in [5, 5.41) is 0.956. The average Bonchev–Trinajstić information content (AvgIpc) is 2.82. The molecule has 0 amide bonds. The molecule has 0 fully saturated rings. The van der Waals surface area contributed by atoms with Gasteiger partial charge in [-0.1, -0.05) is 24.3 Å². The Hall–Kier alpha value is -2.55. The predicted octanol–water partition coefficient (Wildman–Crippen LogP) is 3.23. The second kappa shape index (κ2) is 4.04. The number of aromatic nitrogens is 1. The molecule has 3 aromatic rings. The first kappa shape index (κ1) is 10.6. The van der Waals surface area contributed by atoms with E-state index in [2.05, 4.69) is 4.98 Å². The molecule has 3 heteroatoms. The van der Waals surface area contributed by atoms with Crippen molar-refractivity contribution in [1.29, 1.82) is 0 Å². The van der Waals surface area contributed by atoms with Gasteiger partial charge in [0.1, 0.15) is 0 Å². The summed E-state index contributed by atoms with van der Waals surface area (Å²) in [5.41, 5.74) is 10.2. The Labute approximate surface area is 104 Å². The van der Waals surface area contributed by atoms with Crippen LogP contribution in [0.15, 0.2) is 48.7 Å². The van der Waals surface area contributed by atoms with Crippen LogP contribution in [0.25, 0.3) is 22.0 Å². The molecular formula is C15H12N2O. The average molecular weight is 236 g/mol. The van der Waals surface area contributed by atoms with Gasteiger partial charge in [-0.15, -0.1) is 0 Å². The van der Waals surface area contributed by atoms with Crippen LogP contribution in [-0.2, 0) is 0 Å². The van der Waals surface area contributed by atoms with E-state index in [1.54, 1.807) is 6.20 Å². The highest BCUT2D eigenvalue weighted by Crippen LogP contribution is 2.30. The molecule has 88 valence electrons. The van der Waals surface area contributed by atoms with Crippen LogP contribution in [0.2, 0.25) is 0 Å². The van der Waals surface area contributed by atoms with E-state index in [-0.39, 0.29) is 0 Å². The van der Waals surface area contributed by atoms with Gasteiger partial charge in [-0.3, -0.25) is 4.79 Å². The van der Waals surface area contributed by atoms with E-state index in [1.165, 1.54) is 0 Å². The first-order valence-electron chi connectivity index (χ1n) is 5.71. The molecule has 3 rings (SSSR count). The largest absolute Gasteiger partial charge is 0.399 e. The van der Waals surface area contributed by atoms with Crippen molar-refractivity contribution in [2.75, 3.05) is 5.73 Å². The number of benzene rings is 2. The van der Waals surface area contributed by atoms with Crippen molar-refractivity contribution in [3.05, 3.63) is 54.2 Å². The van der Waals surface area contributed by atoms with Crippen molar-refractivity contribution in [1.82, 2.24) is 4.98 Å². The van der Waals surface area contributed by atoms with Gasteiger partial charge in [-0.05, 0) is 29.3 Å². The number of fused-ring (bicyclic) bond motifs is 1. The smallest absolute Gasteiger partial charge is 0.152 e. The number of carbonyl (C=O) groups is 1. The van der Waals surface area contributed by atoms with E-state index in [4.69, 9.17) is 5.73 Å². The molecular weight excluding hydrogens is 224 g/mol. The fraction of sp³-hybridized carbons (Fsp3) is 0. The lowest BCUT2D eigenvalue weighted by molar-refractivity contribution is 0.112. The number of anilines is 1. The van der Waals surface area contributed by atoms with E-state index in [0.29, 0.717) is 5.56 Å². The number of aromatic amines is 1. The fourth-order valence-electron chi connectivity index (χ4n) is 2.21. The lowest BCUT2D eigenvalue weighted by atomic mass is 9.99. The molecule has 1 aromatic heterocycles. The summed E-state index contributed by atoms with van der Waals surface area (Å²) in [6.07, 6.45) is 2.61. The maximum absolute atomic E-state index is 11.1. The Morgan fingerprint density at radius 3 is 2.56 bits per heavy atom. The number of nitrogen functional groups attached to an aromatic ring is 1. The number of nitrogens with two attached hydrogens (primary N) is 1. The van der Waals surface area contributed by atoms with Gasteiger partial charge >= 0.3 is 0 Å². The zero-order valence-electron chi connectivity index (χ0n) is 9.68. The Balaban J connectivity index is 2.31. The van der Waals surface area contributed by atoms with Crippen molar-refractivity contribution in [2.45, 2.75) is 0 Å². The maximum atomic E-state index is 11.1. The van der Waals surface area contributed by atoms with Crippen LogP contribution in [0.1, 0.15) is 10.4 Å². The summed E-state index contributed by atoms with van der Waals surface area (Å²) in [6.45, 7) is 0. The van der Waals surface area contributed by atoms with Crippen LogP contribution in [-0.4, -0.2) is 11.3 Å². The van der Waals surface area contributed by atoms with Gasteiger partial charge in [0.05, 0.1) is 0 Å². The van der Waals surface area contributed by atoms with Gasteiger partial charge < -0.3 is 10.7 Å². The zero-order valence-corrected chi connectivity index (χ0v) is 9.68. The minimum atomic E-state index is 0.678. The van der Waals surface area contributed by atoms with Crippen LogP contribution in [0, 0.1) is 0 Å². The maximum Gasteiger partial charge on any atom is 0.152 e. The number of nitrogens with one attached hydrogen (secondary N) is 1. The molecule has 3 nitrogen and oxygen atoms in total. The molecule has 0 aliphatic heterocycles. The second-order valence-corrected chi connectivity index (χ2v) is 4.21. The molecule has 0 spiro atoms. The Kier molecular flexibility index (Phi) is 2.38. The minimum absolute atomic E-state index is 0.678. The van der Waals surface area contributed by atoms with E-state index in [0.717, 1.165) is 34.0 Å². The monoisotopic (exact) mass is 236 g/mol. The highest BCUT2D eigenvalue weighted by molar-refractivity contribution is 6.05. The summed E-state index contributed by atoms with van der Waals surface area (Å²) < 4.78 is 0. The number of hydrogen-bond acceptors (Lipinski definition) is 2. The molecule has 0 atom stereocenters. The lowest BCUT2D eigenvalue weighted by Gasteiger charge is -2.05. The first-order valence-corrected chi connectivity index (χ1v) is 5.71. The molecule has 0 radical (unpaired) electrons. The first-order chi connectivity index (χ1) is 8.79. The third kappa shape index (κ3) is 1.57. The fourth-order valence-corrected chi connectivity index (χ4v) is 2.21. The topological polar surface area (TPSA) is 58.9 Å². The number of aldehydes is 1. The predicted molar refractivity (Wildman–Crippen MR) is 73.5 cm³/mol. The molecule has 0 aliphatic rings. The quantitative estimate of drug-likeness (QED) is 0.530. The summed E-state index contributed by atoms with van der Waals surface area (Å²) in [4.78, 5) is 14.2. The molecule has 2 aromatic carbocycles. The Bertz CT molecular complexity index is 711. The van der Waals surface area contributed by atoms with Crippen LogP contribution >= 0.6 is 0 Å². The summed E-state index contributed by atoms with van der Waals surface area (Å²) in [7, 11) is 0. The molecule has 0 saturated carbocycles.